The monoisotopic (exact) mass is 388 g/mol. The number of aromatic amines is 1. The van der Waals surface area contributed by atoms with Crippen LogP contribution in [-0.2, 0) is 19.4 Å². The molecule has 0 bridgehead atoms. The number of aliphatic imine (C=N–C) groups is 1. The Hall–Kier alpha value is -2.82. The summed E-state index contributed by atoms with van der Waals surface area (Å²) in [7, 11) is 0. The fraction of sp³-hybridized carbons (Fsp3) is 0.375. The SMILES string of the molecule is Fc1ccc2[nH]c3c(c2c1)CN(c1cccc2c1N=C(N1CCCCC1)C2)CC3. The third kappa shape index (κ3) is 2.83. The first kappa shape index (κ1) is 17.1. The number of hydrogen-bond donors (Lipinski definition) is 1. The summed E-state index contributed by atoms with van der Waals surface area (Å²) < 4.78 is 13.9. The zero-order chi connectivity index (χ0) is 19.4. The molecule has 0 radical (unpaired) electrons. The van der Waals surface area contributed by atoms with Crippen molar-refractivity contribution >= 4 is 28.1 Å². The molecule has 4 nitrogen and oxygen atoms in total. The van der Waals surface area contributed by atoms with Crippen molar-refractivity contribution in [2.24, 2.45) is 4.99 Å². The third-order valence-corrected chi connectivity index (χ3v) is 6.69. The molecule has 0 spiro atoms. The minimum atomic E-state index is -0.173. The van der Waals surface area contributed by atoms with E-state index in [-0.39, 0.29) is 5.82 Å². The minimum Gasteiger partial charge on any atom is -0.365 e. The van der Waals surface area contributed by atoms with Crippen LogP contribution in [0.1, 0.15) is 36.1 Å². The first-order valence-corrected chi connectivity index (χ1v) is 10.7. The van der Waals surface area contributed by atoms with Crippen molar-refractivity contribution in [3.05, 3.63) is 59.0 Å². The largest absolute Gasteiger partial charge is 0.365 e. The number of para-hydroxylation sites is 1. The summed E-state index contributed by atoms with van der Waals surface area (Å²) in [4.78, 5) is 13.5. The normalized spacial score (nSPS) is 18.7. The molecular formula is C24H25FN4. The van der Waals surface area contributed by atoms with Gasteiger partial charge in [0.15, 0.2) is 0 Å². The highest BCUT2D eigenvalue weighted by atomic mass is 19.1. The van der Waals surface area contributed by atoms with E-state index in [4.69, 9.17) is 4.99 Å². The molecule has 5 heteroatoms. The van der Waals surface area contributed by atoms with Gasteiger partial charge in [-0.05, 0) is 49.1 Å². The van der Waals surface area contributed by atoms with E-state index >= 15 is 0 Å². The van der Waals surface area contributed by atoms with Gasteiger partial charge < -0.3 is 14.8 Å². The van der Waals surface area contributed by atoms with Crippen molar-refractivity contribution in [1.82, 2.24) is 9.88 Å². The average Bonchev–Trinajstić information content (AvgIpc) is 3.35. The molecule has 0 atom stereocenters. The van der Waals surface area contributed by atoms with Gasteiger partial charge in [0.05, 0.1) is 11.4 Å². The zero-order valence-corrected chi connectivity index (χ0v) is 16.5. The van der Waals surface area contributed by atoms with Gasteiger partial charge in [0, 0.05) is 61.2 Å². The van der Waals surface area contributed by atoms with Gasteiger partial charge in [-0.2, -0.15) is 0 Å². The number of nitrogens with zero attached hydrogens (tertiary/aromatic N) is 3. The lowest BCUT2D eigenvalue weighted by atomic mass is 10.0. The lowest BCUT2D eigenvalue weighted by molar-refractivity contribution is 0.339. The molecule has 6 rings (SSSR count). The average molecular weight is 388 g/mol. The highest BCUT2D eigenvalue weighted by Crippen LogP contribution is 2.40. The summed E-state index contributed by atoms with van der Waals surface area (Å²) in [6, 6.07) is 11.6. The standard InChI is InChI=1S/C24H25FN4/c25-17-7-8-20-18(14-17)19-15-29(12-9-21(19)26-20)22-6-4-5-16-13-23(27-24(16)22)28-10-2-1-3-11-28/h4-8,14,26H,1-3,9-13,15H2. The maximum atomic E-state index is 13.9. The Morgan fingerprint density at radius 1 is 0.966 bits per heavy atom. The second-order valence-electron chi connectivity index (χ2n) is 8.48. The van der Waals surface area contributed by atoms with Crippen LogP contribution in [0.15, 0.2) is 41.4 Å². The zero-order valence-electron chi connectivity index (χ0n) is 16.5. The van der Waals surface area contributed by atoms with Crippen LogP contribution >= 0.6 is 0 Å². The smallest absolute Gasteiger partial charge is 0.123 e. The van der Waals surface area contributed by atoms with Gasteiger partial charge in [-0.15, -0.1) is 0 Å². The minimum absolute atomic E-state index is 0.173. The maximum absolute atomic E-state index is 13.9. The number of likely N-dealkylation sites (tertiary alicyclic amines) is 1. The van der Waals surface area contributed by atoms with E-state index in [0.717, 1.165) is 55.6 Å². The molecule has 0 saturated carbocycles. The van der Waals surface area contributed by atoms with Crippen LogP contribution in [0.4, 0.5) is 15.8 Å². The van der Waals surface area contributed by atoms with Crippen LogP contribution in [0, 0.1) is 5.82 Å². The Kier molecular flexibility index (Phi) is 3.89. The Labute approximate surface area is 170 Å². The molecule has 3 aliphatic heterocycles. The number of aromatic nitrogens is 1. The topological polar surface area (TPSA) is 34.6 Å². The number of nitrogens with one attached hydrogen (secondary N) is 1. The summed E-state index contributed by atoms with van der Waals surface area (Å²) in [6.45, 7) is 4.02. The molecule has 1 saturated heterocycles. The summed E-state index contributed by atoms with van der Waals surface area (Å²) in [5.41, 5.74) is 7.18. The summed E-state index contributed by atoms with van der Waals surface area (Å²) in [5, 5.41) is 1.01. The van der Waals surface area contributed by atoms with Crippen molar-refractivity contribution < 1.29 is 4.39 Å². The molecule has 0 aliphatic carbocycles. The van der Waals surface area contributed by atoms with E-state index in [2.05, 4.69) is 33.0 Å². The van der Waals surface area contributed by atoms with Crippen LogP contribution < -0.4 is 4.90 Å². The molecule has 3 aliphatic rings. The van der Waals surface area contributed by atoms with Gasteiger partial charge in [0.2, 0.25) is 0 Å². The number of piperidine rings is 1. The van der Waals surface area contributed by atoms with Gasteiger partial charge >= 0.3 is 0 Å². The second-order valence-corrected chi connectivity index (χ2v) is 8.48. The van der Waals surface area contributed by atoms with Gasteiger partial charge in [0.1, 0.15) is 11.7 Å². The van der Waals surface area contributed by atoms with Crippen molar-refractivity contribution in [3.63, 3.8) is 0 Å². The summed E-state index contributed by atoms with van der Waals surface area (Å²) >= 11 is 0. The predicted molar refractivity (Wildman–Crippen MR) is 116 cm³/mol. The summed E-state index contributed by atoms with van der Waals surface area (Å²) in [5.74, 6) is 1.06. The molecule has 2 aromatic carbocycles. The Morgan fingerprint density at radius 3 is 2.76 bits per heavy atom. The van der Waals surface area contributed by atoms with E-state index in [0.29, 0.717) is 0 Å². The quantitative estimate of drug-likeness (QED) is 0.641. The van der Waals surface area contributed by atoms with E-state index < -0.39 is 0 Å². The summed E-state index contributed by atoms with van der Waals surface area (Å²) in [6.07, 6.45) is 5.77. The number of halogens is 1. The van der Waals surface area contributed by atoms with Crippen LogP contribution in [-0.4, -0.2) is 35.4 Å². The van der Waals surface area contributed by atoms with Crippen LogP contribution in [0.3, 0.4) is 0 Å². The lowest BCUT2D eigenvalue weighted by Crippen LogP contribution is -2.35. The Morgan fingerprint density at radius 2 is 1.86 bits per heavy atom. The number of benzene rings is 2. The fourth-order valence-corrected chi connectivity index (χ4v) is 5.17. The van der Waals surface area contributed by atoms with Crippen LogP contribution in [0.2, 0.25) is 0 Å². The molecule has 3 aromatic rings. The number of H-pyrrole nitrogens is 1. The molecule has 148 valence electrons. The Balaban J connectivity index is 1.35. The van der Waals surface area contributed by atoms with Crippen LogP contribution in [0.25, 0.3) is 10.9 Å². The highest BCUT2D eigenvalue weighted by molar-refractivity contribution is 5.96. The van der Waals surface area contributed by atoms with Gasteiger partial charge in [-0.25, -0.2) is 9.38 Å². The van der Waals surface area contributed by atoms with Crippen molar-refractivity contribution in [3.8, 4) is 0 Å². The highest BCUT2D eigenvalue weighted by Gasteiger charge is 2.27. The van der Waals surface area contributed by atoms with Crippen molar-refractivity contribution in [1.29, 1.82) is 0 Å². The second kappa shape index (κ2) is 6.61. The van der Waals surface area contributed by atoms with Gasteiger partial charge in [-0.1, -0.05) is 12.1 Å². The van der Waals surface area contributed by atoms with E-state index in [1.54, 1.807) is 6.07 Å². The van der Waals surface area contributed by atoms with E-state index in [1.165, 1.54) is 53.7 Å². The molecule has 0 unspecified atom stereocenters. The first-order chi connectivity index (χ1) is 14.3. The van der Waals surface area contributed by atoms with Crippen LogP contribution in [0.5, 0.6) is 0 Å². The molecule has 0 amide bonds. The molecule has 4 heterocycles. The van der Waals surface area contributed by atoms with Gasteiger partial charge in [0.25, 0.3) is 0 Å². The number of amidine groups is 1. The Bertz CT molecular complexity index is 1120. The molecule has 1 aromatic heterocycles. The number of rotatable bonds is 1. The number of anilines is 1. The number of fused-ring (bicyclic) bond motifs is 4. The number of hydrogen-bond acceptors (Lipinski definition) is 3. The van der Waals surface area contributed by atoms with E-state index in [1.807, 2.05) is 6.07 Å². The first-order valence-electron chi connectivity index (χ1n) is 10.7. The third-order valence-electron chi connectivity index (χ3n) is 6.69. The predicted octanol–water partition coefficient (Wildman–Crippen LogP) is 4.94. The lowest BCUT2D eigenvalue weighted by Gasteiger charge is -2.30. The van der Waals surface area contributed by atoms with Crippen molar-refractivity contribution in [2.45, 2.75) is 38.6 Å². The van der Waals surface area contributed by atoms with Gasteiger partial charge in [-0.3, -0.25) is 0 Å². The van der Waals surface area contributed by atoms with Crippen molar-refractivity contribution in [2.75, 3.05) is 24.5 Å². The fourth-order valence-electron chi connectivity index (χ4n) is 5.17. The molecule has 29 heavy (non-hydrogen) atoms. The maximum Gasteiger partial charge on any atom is 0.123 e. The van der Waals surface area contributed by atoms with E-state index in [9.17, 15) is 4.39 Å². The molecule has 1 fully saturated rings. The molecular weight excluding hydrogens is 363 g/mol. The molecule has 1 N–H and O–H groups in total.